The van der Waals surface area contributed by atoms with Gasteiger partial charge in [0.15, 0.2) is 11.3 Å². The maximum absolute atomic E-state index is 13.0. The highest BCUT2D eigenvalue weighted by atomic mass is 16.5. The number of benzene rings is 3. The smallest absolute Gasteiger partial charge is 0.200 e. The van der Waals surface area contributed by atoms with Crippen molar-refractivity contribution >= 4 is 22.5 Å². The molecule has 1 saturated heterocycles. The number of hydrogen-bond acceptors (Lipinski definition) is 5. The minimum Gasteiger partial charge on any atom is -0.440 e. The Morgan fingerprint density at radius 2 is 1.72 bits per heavy atom. The third-order valence-electron chi connectivity index (χ3n) is 6.59. The van der Waals surface area contributed by atoms with Crippen LogP contribution >= 0.6 is 0 Å². The zero-order valence-electron chi connectivity index (χ0n) is 18.0. The lowest BCUT2D eigenvalue weighted by Crippen LogP contribution is -2.36. The third kappa shape index (κ3) is 2.93. The highest BCUT2D eigenvalue weighted by molar-refractivity contribution is 5.98. The predicted octanol–water partition coefficient (Wildman–Crippen LogP) is 4.91. The molecule has 5 nitrogen and oxygen atoms in total. The number of para-hydroxylation sites is 1. The number of nitrogens with one attached hydrogen (secondary N) is 1. The van der Waals surface area contributed by atoms with Gasteiger partial charge in [0, 0.05) is 43.0 Å². The van der Waals surface area contributed by atoms with Crippen LogP contribution in [0.3, 0.4) is 0 Å². The lowest BCUT2D eigenvalue weighted by molar-refractivity contribution is 0.121. The maximum Gasteiger partial charge on any atom is 0.200 e. The van der Waals surface area contributed by atoms with Gasteiger partial charge in [-0.15, -0.1) is 0 Å². The summed E-state index contributed by atoms with van der Waals surface area (Å²) in [6.07, 6.45) is 0.861. The number of anilines is 2. The second kappa shape index (κ2) is 7.53. The summed E-state index contributed by atoms with van der Waals surface area (Å²) in [4.78, 5) is 15.1. The Morgan fingerprint density at radius 3 is 2.56 bits per heavy atom. The number of nitrogens with zero attached hydrogens (tertiary/aromatic N) is 1. The van der Waals surface area contributed by atoms with E-state index in [0.717, 1.165) is 36.3 Å². The van der Waals surface area contributed by atoms with Crippen LogP contribution in [0.15, 0.2) is 69.9 Å². The van der Waals surface area contributed by atoms with Crippen molar-refractivity contribution in [2.75, 3.05) is 43.6 Å². The molecule has 0 bridgehead atoms. The number of hydrogen-bond donors (Lipinski definition) is 1. The minimum atomic E-state index is -0.0126. The minimum absolute atomic E-state index is 0.0126. The summed E-state index contributed by atoms with van der Waals surface area (Å²) >= 11 is 0. The molecule has 1 N–H and O–H groups in total. The maximum atomic E-state index is 13.0. The van der Waals surface area contributed by atoms with E-state index in [1.54, 1.807) is 6.07 Å². The molecule has 2 aliphatic rings. The number of rotatable bonds is 3. The highest BCUT2D eigenvalue weighted by Gasteiger charge is 2.26. The van der Waals surface area contributed by atoms with E-state index in [1.165, 1.54) is 22.3 Å². The van der Waals surface area contributed by atoms with Gasteiger partial charge in [0.2, 0.25) is 0 Å². The molecule has 1 aromatic heterocycles. The summed E-state index contributed by atoms with van der Waals surface area (Å²) in [5.41, 5.74) is 8.92. The van der Waals surface area contributed by atoms with E-state index in [1.807, 2.05) is 19.2 Å². The second-order valence-electron chi connectivity index (χ2n) is 8.33. The Kier molecular flexibility index (Phi) is 4.51. The fourth-order valence-corrected chi connectivity index (χ4v) is 5.03. The number of ether oxygens (including phenoxy) is 1. The molecular formula is C27H24N2O3. The summed E-state index contributed by atoms with van der Waals surface area (Å²) in [6, 6.07) is 20.3. The number of fused-ring (bicyclic) bond motifs is 4. The zero-order valence-corrected chi connectivity index (χ0v) is 18.0. The largest absolute Gasteiger partial charge is 0.440 e. The van der Waals surface area contributed by atoms with Crippen LogP contribution in [0.4, 0.5) is 11.6 Å². The van der Waals surface area contributed by atoms with Crippen molar-refractivity contribution < 1.29 is 9.15 Å². The van der Waals surface area contributed by atoms with Crippen molar-refractivity contribution in [2.45, 2.75) is 6.42 Å². The van der Waals surface area contributed by atoms with Gasteiger partial charge < -0.3 is 19.4 Å². The summed E-state index contributed by atoms with van der Waals surface area (Å²) in [5.74, 6) is 0.616. The molecule has 160 valence electrons. The first-order chi connectivity index (χ1) is 15.7. The van der Waals surface area contributed by atoms with E-state index in [4.69, 9.17) is 9.15 Å². The van der Waals surface area contributed by atoms with Crippen LogP contribution in [0.1, 0.15) is 11.1 Å². The zero-order chi connectivity index (χ0) is 21.7. The molecule has 0 saturated carbocycles. The van der Waals surface area contributed by atoms with Crippen LogP contribution in [0.2, 0.25) is 0 Å². The monoisotopic (exact) mass is 424 g/mol. The molecule has 32 heavy (non-hydrogen) atoms. The fraction of sp³-hybridized carbons (Fsp3) is 0.222. The van der Waals surface area contributed by atoms with Crippen LogP contribution in [0, 0.1) is 0 Å². The van der Waals surface area contributed by atoms with E-state index in [2.05, 4.69) is 52.7 Å². The first-order valence-corrected chi connectivity index (χ1v) is 11.1. The quantitative estimate of drug-likeness (QED) is 0.446. The predicted molar refractivity (Wildman–Crippen MR) is 129 cm³/mol. The highest BCUT2D eigenvalue weighted by Crippen LogP contribution is 2.46. The van der Waals surface area contributed by atoms with Crippen LogP contribution in [-0.4, -0.2) is 33.4 Å². The lowest BCUT2D eigenvalue weighted by atomic mass is 9.93. The second-order valence-corrected chi connectivity index (χ2v) is 8.33. The van der Waals surface area contributed by atoms with Crippen molar-refractivity contribution in [1.82, 2.24) is 0 Å². The molecular weight excluding hydrogens is 400 g/mol. The van der Waals surface area contributed by atoms with Gasteiger partial charge in [0.1, 0.15) is 5.58 Å². The van der Waals surface area contributed by atoms with Crippen molar-refractivity contribution in [3.63, 3.8) is 0 Å². The summed E-state index contributed by atoms with van der Waals surface area (Å²) in [5, 5.41) is 3.97. The molecule has 0 radical (unpaired) electrons. The molecule has 5 heteroatoms. The summed E-state index contributed by atoms with van der Waals surface area (Å²) < 4.78 is 11.9. The summed E-state index contributed by atoms with van der Waals surface area (Å²) in [6.45, 7) is 2.72. The molecule has 1 fully saturated rings. The topological polar surface area (TPSA) is 54.7 Å². The molecule has 4 aromatic rings. The average molecular weight is 425 g/mol. The summed E-state index contributed by atoms with van der Waals surface area (Å²) in [7, 11) is 1.96. The molecule has 0 spiro atoms. The lowest BCUT2D eigenvalue weighted by Gasteiger charge is -2.27. The SMILES string of the molecule is CNc1ccc(-c2cccc3c(=O)cc(N4CCOCC4)oc23)c2c1-c1ccccc1C2. The van der Waals surface area contributed by atoms with E-state index < -0.39 is 0 Å². The van der Waals surface area contributed by atoms with Gasteiger partial charge in [-0.2, -0.15) is 0 Å². The Morgan fingerprint density at radius 1 is 0.906 bits per heavy atom. The Bertz CT molecular complexity index is 1400. The van der Waals surface area contributed by atoms with Crippen molar-refractivity contribution in [3.05, 3.63) is 82.0 Å². The van der Waals surface area contributed by atoms with Gasteiger partial charge in [-0.3, -0.25) is 4.79 Å². The Labute approximate surface area is 186 Å². The molecule has 1 aliphatic carbocycles. The van der Waals surface area contributed by atoms with E-state index in [9.17, 15) is 4.79 Å². The average Bonchev–Trinajstić information content (AvgIpc) is 3.24. The molecule has 6 rings (SSSR count). The van der Waals surface area contributed by atoms with Gasteiger partial charge in [-0.1, -0.05) is 42.5 Å². The standard InChI is InChI=1S/C27H24N2O3/c1-28-23-10-9-19(22-15-17-5-2-3-6-18(17)26(22)23)20-7-4-8-21-24(30)16-25(32-27(20)21)29-11-13-31-14-12-29/h2-10,16,28H,11-15H2,1H3. The van der Waals surface area contributed by atoms with Crippen LogP contribution in [0.25, 0.3) is 33.2 Å². The normalized spacial score (nSPS) is 15.0. The molecule has 1 aliphatic heterocycles. The third-order valence-corrected chi connectivity index (χ3v) is 6.59. The van der Waals surface area contributed by atoms with Crippen molar-refractivity contribution in [3.8, 4) is 22.3 Å². The molecule has 3 aromatic carbocycles. The van der Waals surface area contributed by atoms with Gasteiger partial charge in [0.25, 0.3) is 0 Å². The van der Waals surface area contributed by atoms with Crippen LogP contribution < -0.4 is 15.6 Å². The number of morpholine rings is 1. The van der Waals surface area contributed by atoms with Gasteiger partial charge >= 0.3 is 0 Å². The Hall–Kier alpha value is -3.57. The van der Waals surface area contributed by atoms with Crippen LogP contribution in [0.5, 0.6) is 0 Å². The van der Waals surface area contributed by atoms with Gasteiger partial charge in [-0.25, -0.2) is 0 Å². The van der Waals surface area contributed by atoms with Crippen molar-refractivity contribution in [2.24, 2.45) is 0 Å². The first kappa shape index (κ1) is 19.1. The van der Waals surface area contributed by atoms with Gasteiger partial charge in [0.05, 0.1) is 18.6 Å². The Balaban J connectivity index is 1.58. The fourth-order valence-electron chi connectivity index (χ4n) is 5.03. The molecule has 0 atom stereocenters. The molecule has 2 heterocycles. The van der Waals surface area contributed by atoms with Gasteiger partial charge in [-0.05, 0) is 40.8 Å². The first-order valence-electron chi connectivity index (χ1n) is 11.1. The van der Waals surface area contributed by atoms with Crippen molar-refractivity contribution in [1.29, 1.82) is 0 Å². The van der Waals surface area contributed by atoms with E-state index >= 15 is 0 Å². The van der Waals surface area contributed by atoms with E-state index in [0.29, 0.717) is 30.1 Å². The van der Waals surface area contributed by atoms with Crippen LogP contribution in [-0.2, 0) is 11.2 Å². The molecule has 0 amide bonds. The van der Waals surface area contributed by atoms with E-state index in [-0.39, 0.29) is 5.43 Å². The molecule has 0 unspecified atom stereocenters.